The summed E-state index contributed by atoms with van der Waals surface area (Å²) in [5.74, 6) is -1.35. The zero-order valence-corrected chi connectivity index (χ0v) is 15.2. The van der Waals surface area contributed by atoms with E-state index >= 15 is 0 Å². The first-order chi connectivity index (χ1) is 11.4. The van der Waals surface area contributed by atoms with Crippen LogP contribution < -0.4 is 0 Å². The maximum Gasteiger partial charge on any atom is 0.326 e. The van der Waals surface area contributed by atoms with Crippen molar-refractivity contribution < 1.29 is 14.7 Å². The fourth-order valence-electron chi connectivity index (χ4n) is 2.45. The number of rotatable bonds is 6. The van der Waals surface area contributed by atoms with Crippen LogP contribution in [0.1, 0.15) is 32.3 Å². The molecule has 1 fully saturated rings. The lowest BCUT2D eigenvalue weighted by molar-refractivity contribution is -0.145. The topological polar surface area (TPSA) is 57.6 Å². The molecule has 0 aromatic heterocycles. The van der Waals surface area contributed by atoms with Crippen LogP contribution in [0.15, 0.2) is 46.9 Å². The third-order valence-corrected chi connectivity index (χ3v) is 4.87. The number of allylic oxidation sites excluding steroid dienone is 2. The fourth-order valence-corrected chi connectivity index (χ4v) is 3.85. The predicted octanol–water partition coefficient (Wildman–Crippen LogP) is 4.09. The van der Waals surface area contributed by atoms with Crippen LogP contribution in [-0.2, 0) is 9.59 Å². The van der Waals surface area contributed by atoms with Crippen molar-refractivity contribution in [1.82, 2.24) is 4.90 Å². The summed E-state index contributed by atoms with van der Waals surface area (Å²) in [7, 11) is 0. The number of amides is 1. The summed E-state index contributed by atoms with van der Waals surface area (Å²) < 4.78 is 0.305. The lowest BCUT2D eigenvalue weighted by Crippen LogP contribution is -2.43. The zero-order chi connectivity index (χ0) is 17.7. The van der Waals surface area contributed by atoms with Gasteiger partial charge in [-0.1, -0.05) is 73.7 Å². The van der Waals surface area contributed by atoms with Crippen LogP contribution in [0.25, 0.3) is 6.08 Å². The van der Waals surface area contributed by atoms with E-state index in [1.54, 1.807) is 6.08 Å². The highest BCUT2D eigenvalue weighted by Gasteiger charge is 2.39. The van der Waals surface area contributed by atoms with Crippen LogP contribution in [0.3, 0.4) is 0 Å². The Morgan fingerprint density at radius 3 is 2.62 bits per heavy atom. The van der Waals surface area contributed by atoms with Gasteiger partial charge in [0.15, 0.2) is 0 Å². The normalized spacial score (nSPS) is 18.3. The number of nitrogens with zero attached hydrogens (tertiary/aromatic N) is 1. The first-order valence-electron chi connectivity index (χ1n) is 7.67. The molecule has 1 aromatic carbocycles. The lowest BCUT2D eigenvalue weighted by atomic mass is 10.1. The molecule has 0 bridgehead atoms. The molecule has 2 rings (SSSR count). The van der Waals surface area contributed by atoms with Gasteiger partial charge in [0.05, 0.1) is 4.91 Å². The molecule has 1 N–H and O–H groups in total. The highest BCUT2D eigenvalue weighted by Crippen LogP contribution is 2.34. The molecule has 24 heavy (non-hydrogen) atoms. The number of carboxylic acid groups (broad SMARTS) is 1. The van der Waals surface area contributed by atoms with Crippen molar-refractivity contribution in [3.8, 4) is 0 Å². The highest BCUT2D eigenvalue weighted by atomic mass is 32.2. The molecule has 1 amide bonds. The number of carboxylic acids is 1. The summed E-state index contributed by atoms with van der Waals surface area (Å²) in [5, 5.41) is 9.37. The zero-order valence-electron chi connectivity index (χ0n) is 13.6. The van der Waals surface area contributed by atoms with Gasteiger partial charge in [-0.25, -0.2) is 4.79 Å². The Kier molecular flexibility index (Phi) is 6.34. The number of carbonyl (C=O) groups excluding carboxylic acids is 1. The van der Waals surface area contributed by atoms with Gasteiger partial charge in [-0.15, -0.1) is 0 Å². The van der Waals surface area contributed by atoms with Crippen molar-refractivity contribution in [3.05, 3.63) is 52.4 Å². The average Bonchev–Trinajstić information content (AvgIpc) is 2.80. The minimum absolute atomic E-state index is 0.305. The van der Waals surface area contributed by atoms with Crippen molar-refractivity contribution in [3.63, 3.8) is 0 Å². The van der Waals surface area contributed by atoms with E-state index in [4.69, 9.17) is 12.2 Å². The third kappa shape index (κ3) is 4.33. The summed E-state index contributed by atoms with van der Waals surface area (Å²) in [5.41, 5.74) is 1.94. The molecule has 1 aliphatic heterocycles. The van der Waals surface area contributed by atoms with Crippen molar-refractivity contribution in [2.24, 2.45) is 0 Å². The van der Waals surface area contributed by atoms with Gasteiger partial charge in [0.1, 0.15) is 10.4 Å². The van der Waals surface area contributed by atoms with Crippen molar-refractivity contribution in [2.75, 3.05) is 0 Å². The van der Waals surface area contributed by atoms with E-state index in [2.05, 4.69) is 0 Å². The Morgan fingerprint density at radius 1 is 1.38 bits per heavy atom. The molecule has 0 aliphatic carbocycles. The smallest absolute Gasteiger partial charge is 0.326 e. The molecule has 6 heteroatoms. The van der Waals surface area contributed by atoms with Gasteiger partial charge in [0.2, 0.25) is 0 Å². The maximum absolute atomic E-state index is 12.6. The molecule has 0 spiro atoms. The lowest BCUT2D eigenvalue weighted by Gasteiger charge is -2.22. The second-order valence-corrected chi connectivity index (χ2v) is 7.17. The first kappa shape index (κ1) is 18.4. The van der Waals surface area contributed by atoms with Crippen LogP contribution in [0.5, 0.6) is 0 Å². The van der Waals surface area contributed by atoms with Crippen molar-refractivity contribution in [1.29, 1.82) is 0 Å². The highest BCUT2D eigenvalue weighted by molar-refractivity contribution is 8.26. The predicted molar refractivity (Wildman–Crippen MR) is 102 cm³/mol. The van der Waals surface area contributed by atoms with Gasteiger partial charge in [0.25, 0.3) is 5.91 Å². The molecule has 0 radical (unpaired) electrons. The largest absolute Gasteiger partial charge is 0.480 e. The van der Waals surface area contributed by atoms with Crippen LogP contribution in [0, 0.1) is 0 Å². The van der Waals surface area contributed by atoms with Crippen LogP contribution >= 0.6 is 24.0 Å². The number of carbonyl (C=O) groups is 2. The van der Waals surface area contributed by atoms with Gasteiger partial charge in [0, 0.05) is 0 Å². The standard InChI is InChI=1S/C18H19NO3S2/c1-3-7-14(17(21)22)19-16(20)15(24-18(19)23)11-12(2)10-13-8-5-4-6-9-13/h4-6,8-11,14H,3,7H2,1-2H3,(H,21,22). The number of benzene rings is 1. The summed E-state index contributed by atoms with van der Waals surface area (Å²) in [4.78, 5) is 25.7. The average molecular weight is 361 g/mol. The Balaban J connectivity index is 2.24. The second kappa shape index (κ2) is 8.26. The van der Waals surface area contributed by atoms with E-state index < -0.39 is 12.0 Å². The van der Waals surface area contributed by atoms with Gasteiger partial charge in [-0.2, -0.15) is 0 Å². The molecule has 1 unspecified atom stereocenters. The van der Waals surface area contributed by atoms with Gasteiger partial charge in [-0.3, -0.25) is 9.69 Å². The van der Waals surface area contributed by atoms with E-state index in [0.717, 1.165) is 22.9 Å². The Labute approximate surface area is 151 Å². The van der Waals surface area contributed by atoms with Crippen molar-refractivity contribution >= 4 is 46.3 Å². The number of hydrogen-bond acceptors (Lipinski definition) is 4. The van der Waals surface area contributed by atoms with Crippen LogP contribution in [0.2, 0.25) is 0 Å². The number of hydrogen-bond donors (Lipinski definition) is 1. The SMILES string of the molecule is CCCC(C(=O)O)N1C(=O)C(=CC(C)=Cc2ccccc2)SC1=S. The second-order valence-electron chi connectivity index (χ2n) is 5.49. The van der Waals surface area contributed by atoms with Crippen molar-refractivity contribution in [2.45, 2.75) is 32.7 Å². The molecule has 0 saturated carbocycles. The monoisotopic (exact) mass is 361 g/mol. The summed E-state index contributed by atoms with van der Waals surface area (Å²) >= 11 is 6.39. The summed E-state index contributed by atoms with van der Waals surface area (Å²) in [6.45, 7) is 3.79. The van der Waals surface area contributed by atoms with E-state index in [-0.39, 0.29) is 5.91 Å². The van der Waals surface area contributed by atoms with E-state index in [1.165, 1.54) is 4.90 Å². The van der Waals surface area contributed by atoms with Gasteiger partial charge < -0.3 is 5.11 Å². The van der Waals surface area contributed by atoms with E-state index in [1.807, 2.05) is 50.3 Å². The summed E-state index contributed by atoms with van der Waals surface area (Å²) in [6.07, 6.45) is 4.78. The minimum atomic E-state index is -1.02. The van der Waals surface area contributed by atoms with E-state index in [0.29, 0.717) is 22.1 Å². The van der Waals surface area contributed by atoms with Gasteiger partial charge in [-0.05, 0) is 30.6 Å². The van der Waals surface area contributed by atoms with Crippen LogP contribution in [-0.4, -0.2) is 32.2 Å². The molecule has 1 saturated heterocycles. The van der Waals surface area contributed by atoms with E-state index in [9.17, 15) is 14.7 Å². The minimum Gasteiger partial charge on any atom is -0.480 e. The Hall–Kier alpha value is -1.92. The molecule has 1 aromatic rings. The van der Waals surface area contributed by atoms with Gasteiger partial charge >= 0.3 is 5.97 Å². The fraction of sp³-hybridized carbons (Fsp3) is 0.278. The quantitative estimate of drug-likeness (QED) is 0.611. The molecule has 1 atom stereocenters. The molecule has 1 aliphatic rings. The Bertz CT molecular complexity index is 710. The molecular formula is C18H19NO3S2. The Morgan fingerprint density at radius 2 is 2.04 bits per heavy atom. The third-order valence-electron chi connectivity index (χ3n) is 3.54. The molecule has 1 heterocycles. The summed E-state index contributed by atoms with van der Waals surface area (Å²) in [6, 6.07) is 8.89. The number of thioether (sulfide) groups is 1. The molecular weight excluding hydrogens is 342 g/mol. The maximum atomic E-state index is 12.6. The first-order valence-corrected chi connectivity index (χ1v) is 8.89. The number of thiocarbonyl (C=S) groups is 1. The molecule has 4 nitrogen and oxygen atoms in total. The number of aliphatic carboxylic acids is 1. The molecule has 126 valence electrons. The van der Waals surface area contributed by atoms with Crippen LogP contribution in [0.4, 0.5) is 0 Å².